The zero-order valence-electron chi connectivity index (χ0n) is 13.2. The van der Waals surface area contributed by atoms with Crippen LogP contribution in [0.4, 0.5) is 0 Å². The molecule has 0 aliphatic heterocycles. The molecule has 128 valence electrons. The van der Waals surface area contributed by atoms with Crippen molar-refractivity contribution in [2.75, 3.05) is 12.9 Å². The Labute approximate surface area is 141 Å². The molecule has 6 nitrogen and oxygen atoms in total. The minimum atomic E-state index is -3.39. The van der Waals surface area contributed by atoms with Crippen molar-refractivity contribution in [2.24, 2.45) is 5.92 Å². The zero-order valence-corrected chi connectivity index (χ0v) is 14.8. The number of aromatic nitrogens is 1. The quantitative estimate of drug-likeness (QED) is 0.814. The van der Waals surface area contributed by atoms with E-state index in [-0.39, 0.29) is 24.5 Å². The Morgan fingerprint density at radius 1 is 1.39 bits per heavy atom. The summed E-state index contributed by atoms with van der Waals surface area (Å²) in [6, 6.07) is 1.66. The van der Waals surface area contributed by atoms with Crippen molar-refractivity contribution in [1.29, 1.82) is 0 Å². The number of halogens is 1. The second-order valence-corrected chi connectivity index (χ2v) is 7.98. The van der Waals surface area contributed by atoms with Crippen LogP contribution in [0.15, 0.2) is 12.3 Å². The number of carbonyl (C=O) groups excluding carboxylic acids is 1. The fourth-order valence-corrected chi connectivity index (χ4v) is 3.48. The average Bonchev–Trinajstić information content (AvgIpc) is 2.45. The number of carbonyl (C=O) groups is 1. The van der Waals surface area contributed by atoms with E-state index in [1.165, 1.54) is 0 Å². The predicted molar refractivity (Wildman–Crippen MR) is 88.0 cm³/mol. The van der Waals surface area contributed by atoms with E-state index >= 15 is 0 Å². The van der Waals surface area contributed by atoms with Crippen LogP contribution >= 0.6 is 11.6 Å². The number of amides is 1. The third kappa shape index (κ3) is 5.44. The first-order valence-electron chi connectivity index (χ1n) is 7.52. The largest absolute Gasteiger partial charge is 0.349 e. The first-order chi connectivity index (χ1) is 10.8. The van der Waals surface area contributed by atoms with Gasteiger partial charge in [-0.3, -0.25) is 14.0 Å². The maximum atomic E-state index is 12.4. The Bertz CT molecular complexity index is 650. The lowest BCUT2D eigenvalue weighted by molar-refractivity contribution is 0.0916. The average molecular weight is 361 g/mol. The summed E-state index contributed by atoms with van der Waals surface area (Å²) in [6.07, 6.45) is 5.85. The van der Waals surface area contributed by atoms with E-state index in [9.17, 15) is 13.2 Å². The Morgan fingerprint density at radius 3 is 2.61 bits per heavy atom. The molecule has 0 radical (unpaired) electrons. The van der Waals surface area contributed by atoms with E-state index in [1.54, 1.807) is 19.2 Å². The smallest absolute Gasteiger partial charge is 0.264 e. The lowest BCUT2D eigenvalue weighted by Gasteiger charge is -2.28. The summed E-state index contributed by atoms with van der Waals surface area (Å²) in [5.74, 6) is -0.00182. The van der Waals surface area contributed by atoms with E-state index in [2.05, 4.69) is 10.3 Å². The van der Waals surface area contributed by atoms with Crippen LogP contribution in [-0.4, -0.2) is 38.2 Å². The van der Waals surface area contributed by atoms with Gasteiger partial charge < -0.3 is 5.32 Å². The predicted octanol–water partition coefficient (Wildman–Crippen LogP) is 2.31. The zero-order chi connectivity index (χ0) is 17.0. The van der Waals surface area contributed by atoms with Crippen LogP contribution in [0.3, 0.4) is 0 Å². The fourth-order valence-electron chi connectivity index (χ4n) is 2.76. The number of nitrogens with zero attached hydrogens (tertiary/aromatic N) is 1. The molecule has 8 heteroatoms. The van der Waals surface area contributed by atoms with Crippen LogP contribution in [0.1, 0.15) is 41.7 Å². The van der Waals surface area contributed by atoms with Gasteiger partial charge in [-0.05, 0) is 44.6 Å². The molecule has 23 heavy (non-hydrogen) atoms. The van der Waals surface area contributed by atoms with Crippen LogP contribution < -0.4 is 5.32 Å². The number of rotatable bonds is 5. The van der Waals surface area contributed by atoms with Gasteiger partial charge in [-0.2, -0.15) is 8.42 Å². The highest BCUT2D eigenvalue weighted by Crippen LogP contribution is 2.26. The summed E-state index contributed by atoms with van der Waals surface area (Å²) in [7, 11) is -3.39. The number of pyridine rings is 1. The maximum Gasteiger partial charge on any atom is 0.264 e. The molecule has 1 aliphatic rings. The molecule has 0 aromatic carbocycles. The number of hydrogen-bond acceptors (Lipinski definition) is 5. The standard InChI is InChI=1S/C15H21ClN2O4S/c1-10-14(13(16)7-8-17-10)15(19)18-12-5-3-11(4-6-12)9-22-23(2,20)21/h7-8,11-12H,3-6,9H2,1-2H3,(H,18,19). The number of aryl methyl sites for hydroxylation is 1. The van der Waals surface area contributed by atoms with Gasteiger partial charge in [0.05, 0.1) is 29.1 Å². The van der Waals surface area contributed by atoms with Crippen LogP contribution in [0.5, 0.6) is 0 Å². The summed E-state index contributed by atoms with van der Waals surface area (Å²) in [5.41, 5.74) is 1.02. The van der Waals surface area contributed by atoms with Crippen molar-refractivity contribution in [3.8, 4) is 0 Å². The third-order valence-corrected chi connectivity index (χ3v) is 4.90. The molecule has 1 aliphatic carbocycles. The van der Waals surface area contributed by atoms with Gasteiger partial charge in [0.25, 0.3) is 16.0 Å². The van der Waals surface area contributed by atoms with Crippen molar-refractivity contribution in [2.45, 2.75) is 38.6 Å². The van der Waals surface area contributed by atoms with Crippen molar-refractivity contribution in [3.63, 3.8) is 0 Å². The molecule has 0 atom stereocenters. The Morgan fingerprint density at radius 2 is 2.04 bits per heavy atom. The second kappa shape index (κ2) is 7.59. The van der Waals surface area contributed by atoms with Gasteiger partial charge in [0.15, 0.2) is 0 Å². The first-order valence-corrected chi connectivity index (χ1v) is 9.72. The van der Waals surface area contributed by atoms with Gasteiger partial charge in [0, 0.05) is 12.2 Å². The monoisotopic (exact) mass is 360 g/mol. The molecule has 1 amide bonds. The van der Waals surface area contributed by atoms with Crippen LogP contribution in [0, 0.1) is 12.8 Å². The Balaban J connectivity index is 1.86. The molecule has 0 spiro atoms. The highest BCUT2D eigenvalue weighted by atomic mass is 35.5. The highest BCUT2D eigenvalue weighted by Gasteiger charge is 2.25. The Kier molecular flexibility index (Phi) is 6.00. The highest BCUT2D eigenvalue weighted by molar-refractivity contribution is 7.85. The van der Waals surface area contributed by atoms with Gasteiger partial charge >= 0.3 is 0 Å². The van der Waals surface area contributed by atoms with Crippen LogP contribution in [0.25, 0.3) is 0 Å². The van der Waals surface area contributed by atoms with E-state index in [1.807, 2.05) is 0 Å². The minimum Gasteiger partial charge on any atom is -0.349 e. The van der Waals surface area contributed by atoms with Crippen molar-refractivity contribution in [3.05, 3.63) is 28.5 Å². The van der Waals surface area contributed by atoms with Gasteiger partial charge in [0.2, 0.25) is 0 Å². The number of hydrogen-bond donors (Lipinski definition) is 1. The molecule has 1 saturated carbocycles. The van der Waals surface area contributed by atoms with Crippen molar-refractivity contribution < 1.29 is 17.4 Å². The lowest BCUT2D eigenvalue weighted by Crippen LogP contribution is -2.38. The summed E-state index contributed by atoms with van der Waals surface area (Å²) in [5, 5.41) is 3.38. The molecule has 0 bridgehead atoms. The lowest BCUT2D eigenvalue weighted by atomic mass is 9.86. The molecule has 2 rings (SSSR count). The third-order valence-electron chi connectivity index (χ3n) is 4.02. The maximum absolute atomic E-state index is 12.4. The van der Waals surface area contributed by atoms with Crippen LogP contribution in [-0.2, 0) is 14.3 Å². The van der Waals surface area contributed by atoms with E-state index in [0.717, 1.165) is 31.9 Å². The second-order valence-electron chi connectivity index (χ2n) is 5.93. The molecule has 0 saturated heterocycles. The summed E-state index contributed by atoms with van der Waals surface area (Å²) >= 11 is 6.07. The van der Waals surface area contributed by atoms with Gasteiger partial charge in [-0.25, -0.2) is 0 Å². The fraction of sp³-hybridized carbons (Fsp3) is 0.600. The molecule has 0 unspecified atom stereocenters. The van der Waals surface area contributed by atoms with Gasteiger partial charge in [0.1, 0.15) is 0 Å². The molecular weight excluding hydrogens is 340 g/mol. The van der Waals surface area contributed by atoms with E-state index < -0.39 is 10.1 Å². The molecular formula is C15H21ClN2O4S. The summed E-state index contributed by atoms with van der Waals surface area (Å²) < 4.78 is 26.9. The van der Waals surface area contributed by atoms with Crippen molar-refractivity contribution in [1.82, 2.24) is 10.3 Å². The van der Waals surface area contributed by atoms with Gasteiger partial charge in [-0.1, -0.05) is 11.6 Å². The van der Waals surface area contributed by atoms with Gasteiger partial charge in [-0.15, -0.1) is 0 Å². The first kappa shape index (κ1) is 18.2. The summed E-state index contributed by atoms with van der Waals surface area (Å²) in [6.45, 7) is 1.97. The van der Waals surface area contributed by atoms with E-state index in [0.29, 0.717) is 16.3 Å². The molecule has 1 aromatic rings. The number of nitrogens with one attached hydrogen (secondary N) is 1. The molecule has 1 aromatic heterocycles. The normalized spacial score (nSPS) is 21.9. The Hall–Kier alpha value is -1.18. The topological polar surface area (TPSA) is 85.4 Å². The van der Waals surface area contributed by atoms with Crippen molar-refractivity contribution >= 4 is 27.6 Å². The van der Waals surface area contributed by atoms with Crippen LogP contribution in [0.2, 0.25) is 5.02 Å². The van der Waals surface area contributed by atoms with E-state index in [4.69, 9.17) is 15.8 Å². The summed E-state index contributed by atoms with van der Waals surface area (Å²) in [4.78, 5) is 16.4. The minimum absolute atomic E-state index is 0.0626. The SMILES string of the molecule is Cc1nccc(Cl)c1C(=O)NC1CCC(COS(C)(=O)=O)CC1. The molecule has 1 N–H and O–H groups in total. The molecule has 1 heterocycles. The molecule has 1 fully saturated rings.